The van der Waals surface area contributed by atoms with E-state index in [1.807, 2.05) is 6.92 Å². The van der Waals surface area contributed by atoms with E-state index in [9.17, 15) is 8.78 Å². The molecule has 5 heteroatoms. The molecule has 84 valence electrons. The molecule has 15 heavy (non-hydrogen) atoms. The third-order valence-electron chi connectivity index (χ3n) is 1.86. The van der Waals surface area contributed by atoms with Gasteiger partial charge in [-0.15, -0.1) is 0 Å². The largest absolute Gasteiger partial charge is 0.433 e. The van der Waals surface area contributed by atoms with Crippen LogP contribution in [0, 0.1) is 0 Å². The Morgan fingerprint density at radius 2 is 2.07 bits per heavy atom. The van der Waals surface area contributed by atoms with Gasteiger partial charge >= 0.3 is 6.61 Å². The molecule has 0 spiro atoms. The maximum absolute atomic E-state index is 12.0. The molecule has 3 nitrogen and oxygen atoms in total. The van der Waals surface area contributed by atoms with Crippen molar-refractivity contribution < 1.29 is 13.5 Å². The van der Waals surface area contributed by atoms with Crippen LogP contribution >= 0.6 is 0 Å². The third-order valence-corrected chi connectivity index (χ3v) is 1.86. The van der Waals surface area contributed by atoms with Crippen molar-refractivity contribution in [1.82, 2.24) is 0 Å². The van der Waals surface area contributed by atoms with Gasteiger partial charge in [-0.2, -0.15) is 8.78 Å². The van der Waals surface area contributed by atoms with Crippen molar-refractivity contribution in [1.29, 1.82) is 0 Å². The first-order chi connectivity index (χ1) is 7.13. The van der Waals surface area contributed by atoms with E-state index >= 15 is 0 Å². The highest BCUT2D eigenvalue weighted by Gasteiger charge is 2.09. The zero-order valence-electron chi connectivity index (χ0n) is 8.41. The quantitative estimate of drug-likeness (QED) is 0.791. The second-order valence-electron chi connectivity index (χ2n) is 3.16. The number of para-hydroxylation sites is 2. The maximum Gasteiger partial charge on any atom is 0.387 e. The molecule has 0 saturated carbocycles. The Balaban J connectivity index is 2.76. The second-order valence-corrected chi connectivity index (χ2v) is 3.16. The van der Waals surface area contributed by atoms with Crippen LogP contribution in [0.1, 0.15) is 6.92 Å². The maximum atomic E-state index is 12.0. The number of nitrogens with one attached hydrogen (secondary N) is 1. The van der Waals surface area contributed by atoms with Gasteiger partial charge in [-0.25, -0.2) is 0 Å². The molecule has 0 aromatic heterocycles. The lowest BCUT2D eigenvalue weighted by molar-refractivity contribution is -0.0493. The van der Waals surface area contributed by atoms with Gasteiger partial charge < -0.3 is 15.8 Å². The van der Waals surface area contributed by atoms with Crippen LogP contribution in [0.4, 0.5) is 14.5 Å². The molecule has 0 aliphatic carbocycles. The van der Waals surface area contributed by atoms with Gasteiger partial charge in [0.05, 0.1) is 5.69 Å². The monoisotopic (exact) mass is 216 g/mol. The van der Waals surface area contributed by atoms with E-state index < -0.39 is 6.61 Å². The summed E-state index contributed by atoms with van der Waals surface area (Å²) in [6.45, 7) is -0.538. The van der Waals surface area contributed by atoms with Crippen LogP contribution in [-0.2, 0) is 0 Å². The lowest BCUT2D eigenvalue weighted by Gasteiger charge is -2.16. The normalized spacial score (nSPS) is 12.6. The minimum atomic E-state index is -2.82. The first-order valence-corrected chi connectivity index (χ1v) is 4.64. The summed E-state index contributed by atoms with van der Waals surface area (Å²) in [5, 5.41) is 2.98. The molecule has 0 radical (unpaired) electrons. The number of hydrogen-bond donors (Lipinski definition) is 2. The lowest BCUT2D eigenvalue weighted by Crippen LogP contribution is -2.25. The molecular formula is C10H14F2N2O. The molecule has 1 atom stereocenters. The Morgan fingerprint density at radius 1 is 1.40 bits per heavy atom. The first-order valence-electron chi connectivity index (χ1n) is 4.64. The van der Waals surface area contributed by atoms with E-state index in [2.05, 4.69) is 10.1 Å². The van der Waals surface area contributed by atoms with Gasteiger partial charge in [0.15, 0.2) is 0 Å². The summed E-state index contributed by atoms with van der Waals surface area (Å²) in [5.41, 5.74) is 5.94. The Kier molecular flexibility index (Phi) is 4.30. The first kappa shape index (κ1) is 11.7. The van der Waals surface area contributed by atoms with Crippen molar-refractivity contribution in [2.75, 3.05) is 11.9 Å². The summed E-state index contributed by atoms with van der Waals surface area (Å²) < 4.78 is 28.4. The van der Waals surface area contributed by atoms with Gasteiger partial charge in [-0.3, -0.25) is 0 Å². The van der Waals surface area contributed by atoms with Crippen LogP contribution in [0.5, 0.6) is 5.75 Å². The van der Waals surface area contributed by atoms with E-state index in [1.165, 1.54) is 6.07 Å². The van der Waals surface area contributed by atoms with Gasteiger partial charge in [-0.05, 0) is 19.1 Å². The molecule has 1 aromatic rings. The minimum absolute atomic E-state index is 0.00687. The lowest BCUT2D eigenvalue weighted by atomic mass is 10.2. The highest BCUT2D eigenvalue weighted by molar-refractivity contribution is 5.56. The van der Waals surface area contributed by atoms with Gasteiger partial charge in [0.25, 0.3) is 0 Å². The number of nitrogens with two attached hydrogens (primary N) is 1. The van der Waals surface area contributed by atoms with Gasteiger partial charge in [0, 0.05) is 12.6 Å². The fourth-order valence-electron chi connectivity index (χ4n) is 1.11. The predicted octanol–water partition coefficient (Wildman–Crippen LogP) is 2.05. The Labute approximate surface area is 87.2 Å². The van der Waals surface area contributed by atoms with Crippen molar-refractivity contribution in [2.45, 2.75) is 19.6 Å². The molecule has 1 aromatic carbocycles. The van der Waals surface area contributed by atoms with E-state index in [-0.39, 0.29) is 11.8 Å². The summed E-state index contributed by atoms with van der Waals surface area (Å²) in [5.74, 6) is 0.132. The van der Waals surface area contributed by atoms with Crippen molar-refractivity contribution >= 4 is 5.69 Å². The summed E-state index contributed by atoms with van der Waals surface area (Å²) in [6, 6.07) is 6.54. The molecule has 0 amide bonds. The van der Waals surface area contributed by atoms with Crippen molar-refractivity contribution in [3.8, 4) is 5.75 Å². The Bertz CT molecular complexity index is 307. The molecule has 0 heterocycles. The number of alkyl halides is 2. The predicted molar refractivity (Wildman–Crippen MR) is 55.2 cm³/mol. The standard InChI is InChI=1S/C10H14F2N2O/c1-7(6-13)14-8-4-2-3-5-9(8)15-10(11)12/h2-5,7,10,14H,6,13H2,1H3. The van der Waals surface area contributed by atoms with Gasteiger partial charge in [0.2, 0.25) is 0 Å². The van der Waals surface area contributed by atoms with Crippen LogP contribution in [0.15, 0.2) is 24.3 Å². The molecule has 3 N–H and O–H groups in total. The smallest absolute Gasteiger partial charge is 0.387 e. The van der Waals surface area contributed by atoms with Crippen LogP contribution in [0.25, 0.3) is 0 Å². The van der Waals surface area contributed by atoms with Crippen molar-refractivity contribution in [2.24, 2.45) is 5.73 Å². The number of ether oxygens (including phenoxy) is 1. The van der Waals surface area contributed by atoms with E-state index in [0.29, 0.717) is 12.2 Å². The molecular weight excluding hydrogens is 202 g/mol. The number of halogens is 2. The molecule has 0 aliphatic rings. The van der Waals surface area contributed by atoms with Gasteiger partial charge in [-0.1, -0.05) is 12.1 Å². The molecule has 0 bridgehead atoms. The molecule has 0 saturated heterocycles. The zero-order valence-corrected chi connectivity index (χ0v) is 8.41. The number of benzene rings is 1. The highest BCUT2D eigenvalue weighted by atomic mass is 19.3. The van der Waals surface area contributed by atoms with E-state index in [4.69, 9.17) is 5.73 Å². The van der Waals surface area contributed by atoms with Crippen molar-refractivity contribution in [3.63, 3.8) is 0 Å². The average molecular weight is 216 g/mol. The topological polar surface area (TPSA) is 47.3 Å². The Morgan fingerprint density at radius 3 is 2.67 bits per heavy atom. The van der Waals surface area contributed by atoms with Crippen LogP contribution < -0.4 is 15.8 Å². The van der Waals surface area contributed by atoms with E-state index in [0.717, 1.165) is 0 Å². The zero-order chi connectivity index (χ0) is 11.3. The fourth-order valence-corrected chi connectivity index (χ4v) is 1.11. The highest BCUT2D eigenvalue weighted by Crippen LogP contribution is 2.25. The average Bonchev–Trinajstić information content (AvgIpc) is 2.20. The molecule has 0 fully saturated rings. The van der Waals surface area contributed by atoms with Crippen LogP contribution in [0.2, 0.25) is 0 Å². The molecule has 0 aliphatic heterocycles. The van der Waals surface area contributed by atoms with Crippen molar-refractivity contribution in [3.05, 3.63) is 24.3 Å². The molecule has 1 unspecified atom stereocenters. The number of anilines is 1. The number of rotatable bonds is 5. The van der Waals surface area contributed by atoms with E-state index in [1.54, 1.807) is 18.2 Å². The van der Waals surface area contributed by atoms with Crippen LogP contribution in [0.3, 0.4) is 0 Å². The SMILES string of the molecule is CC(CN)Nc1ccccc1OC(F)F. The fraction of sp³-hybridized carbons (Fsp3) is 0.400. The summed E-state index contributed by atoms with van der Waals surface area (Å²) in [7, 11) is 0. The molecule has 1 rings (SSSR count). The third kappa shape index (κ3) is 3.71. The summed E-state index contributed by atoms with van der Waals surface area (Å²) in [4.78, 5) is 0. The Hall–Kier alpha value is -1.36. The second kappa shape index (κ2) is 5.50. The summed E-state index contributed by atoms with van der Waals surface area (Å²) in [6.07, 6.45) is 0. The minimum Gasteiger partial charge on any atom is -0.433 e. The summed E-state index contributed by atoms with van der Waals surface area (Å²) >= 11 is 0. The van der Waals surface area contributed by atoms with Gasteiger partial charge in [0.1, 0.15) is 5.75 Å². The van der Waals surface area contributed by atoms with Crippen LogP contribution in [-0.4, -0.2) is 19.2 Å². The number of hydrogen-bond acceptors (Lipinski definition) is 3.